The first-order valence-electron chi connectivity index (χ1n) is 7.97. The molecular weight excluding hydrogens is 278 g/mol. The maximum atomic E-state index is 11.6. The monoisotopic (exact) mass is 301 g/mol. The first kappa shape index (κ1) is 15.0. The van der Waals surface area contributed by atoms with E-state index in [0.717, 1.165) is 29.8 Å². The summed E-state index contributed by atoms with van der Waals surface area (Å²) in [4.78, 5) is 21.0. The zero-order valence-electron chi connectivity index (χ0n) is 13.3. The number of ether oxygens (including phenoxy) is 1. The minimum absolute atomic E-state index is 0.305. The van der Waals surface area contributed by atoms with E-state index in [9.17, 15) is 4.79 Å². The molecule has 0 saturated carbocycles. The molecule has 1 fully saturated rings. The highest BCUT2D eigenvalue weighted by Gasteiger charge is 2.13. The average Bonchev–Trinajstić information content (AvgIpc) is 2.52. The summed E-state index contributed by atoms with van der Waals surface area (Å²) in [6.45, 7) is 5.36. The molecule has 0 aliphatic carbocycles. The van der Waals surface area contributed by atoms with Crippen LogP contribution in [0.4, 0.5) is 0 Å². The highest BCUT2D eigenvalue weighted by Crippen LogP contribution is 2.26. The van der Waals surface area contributed by atoms with E-state index in [1.807, 2.05) is 13.0 Å². The number of aryl methyl sites for hydroxylation is 1. The number of aromatic amines is 1. The Labute approximate surface area is 130 Å². The number of rotatable bonds is 4. The maximum Gasteiger partial charge on any atom is 0.345 e. The normalized spacial score (nSPS) is 16.1. The van der Waals surface area contributed by atoms with Crippen molar-refractivity contribution in [2.24, 2.45) is 0 Å². The fraction of sp³-hybridized carbons (Fsp3) is 0.529. The van der Waals surface area contributed by atoms with Gasteiger partial charge in [-0.1, -0.05) is 6.42 Å². The number of hydrogen-bond donors (Lipinski definition) is 1. The van der Waals surface area contributed by atoms with Gasteiger partial charge in [-0.25, -0.2) is 4.79 Å². The Morgan fingerprint density at radius 3 is 2.77 bits per heavy atom. The smallest absolute Gasteiger partial charge is 0.345 e. The quantitative estimate of drug-likeness (QED) is 0.941. The van der Waals surface area contributed by atoms with Gasteiger partial charge in [-0.3, -0.25) is 0 Å². The van der Waals surface area contributed by atoms with Crippen LogP contribution < -0.4 is 10.4 Å². The zero-order chi connectivity index (χ0) is 15.5. The van der Waals surface area contributed by atoms with Crippen LogP contribution in [0.3, 0.4) is 0 Å². The Bertz CT molecular complexity index is 718. The molecule has 0 atom stereocenters. The van der Waals surface area contributed by atoms with Gasteiger partial charge in [0.25, 0.3) is 0 Å². The zero-order valence-corrected chi connectivity index (χ0v) is 13.3. The second kappa shape index (κ2) is 6.48. The molecule has 2 heterocycles. The Kier molecular flexibility index (Phi) is 4.43. The Hall–Kier alpha value is -1.88. The van der Waals surface area contributed by atoms with Crippen molar-refractivity contribution >= 4 is 10.9 Å². The lowest BCUT2D eigenvalue weighted by Gasteiger charge is -2.26. The molecule has 5 heteroatoms. The van der Waals surface area contributed by atoms with Gasteiger partial charge in [0.1, 0.15) is 5.75 Å². The van der Waals surface area contributed by atoms with Crippen molar-refractivity contribution in [2.75, 3.05) is 26.7 Å². The molecule has 1 saturated heterocycles. The number of hydrogen-bond acceptors (Lipinski definition) is 4. The second-order valence-corrected chi connectivity index (χ2v) is 6.00. The van der Waals surface area contributed by atoms with E-state index < -0.39 is 0 Å². The number of likely N-dealkylation sites (tertiary alicyclic amines) is 1. The van der Waals surface area contributed by atoms with Crippen molar-refractivity contribution in [3.8, 4) is 5.75 Å². The third-order valence-corrected chi connectivity index (χ3v) is 4.45. The topological polar surface area (TPSA) is 58.2 Å². The predicted octanol–water partition coefficient (Wildman–Crippen LogP) is 2.27. The molecule has 0 amide bonds. The molecule has 0 radical (unpaired) electrons. The molecule has 118 valence electrons. The molecule has 1 aromatic carbocycles. The summed E-state index contributed by atoms with van der Waals surface area (Å²) < 4.78 is 5.37. The van der Waals surface area contributed by atoms with E-state index in [1.54, 1.807) is 7.11 Å². The number of fused-ring (bicyclic) bond motifs is 1. The molecule has 2 aromatic rings. The number of nitrogens with zero attached hydrogens (tertiary/aromatic N) is 2. The number of methoxy groups -OCH3 is 1. The van der Waals surface area contributed by atoms with E-state index in [4.69, 9.17) is 4.74 Å². The summed E-state index contributed by atoms with van der Waals surface area (Å²) in [5, 5.41) is 1.05. The molecule has 22 heavy (non-hydrogen) atoms. The number of benzene rings is 1. The molecule has 0 spiro atoms. The molecule has 0 bridgehead atoms. The summed E-state index contributed by atoms with van der Waals surface area (Å²) in [6, 6.07) is 3.90. The molecule has 1 N–H and O–H groups in total. The highest BCUT2D eigenvalue weighted by molar-refractivity contribution is 5.85. The molecular formula is C17H23N3O2. The standard InChI is InChI=1S/C17H23N3O2/c1-12-16-13(6-9-20-7-4-3-5-8-20)10-14(22-2)11-15(16)19-17(21)18-12/h10-11H,3-9H2,1-2H3,(H,18,19,21). The lowest BCUT2D eigenvalue weighted by Crippen LogP contribution is -2.31. The minimum atomic E-state index is -0.305. The summed E-state index contributed by atoms with van der Waals surface area (Å²) in [5.74, 6) is 0.763. The number of aromatic nitrogens is 2. The van der Waals surface area contributed by atoms with Crippen molar-refractivity contribution in [2.45, 2.75) is 32.6 Å². The van der Waals surface area contributed by atoms with Crippen LogP contribution in [-0.4, -0.2) is 41.6 Å². The van der Waals surface area contributed by atoms with Crippen LogP contribution in [0.1, 0.15) is 30.5 Å². The van der Waals surface area contributed by atoms with Gasteiger partial charge in [-0.2, -0.15) is 4.98 Å². The molecule has 1 aromatic heterocycles. The second-order valence-electron chi connectivity index (χ2n) is 6.00. The maximum absolute atomic E-state index is 11.6. The van der Waals surface area contributed by atoms with Crippen molar-refractivity contribution in [1.82, 2.24) is 14.9 Å². The van der Waals surface area contributed by atoms with Crippen LogP contribution in [0, 0.1) is 6.92 Å². The van der Waals surface area contributed by atoms with Crippen LogP contribution >= 0.6 is 0 Å². The van der Waals surface area contributed by atoms with Crippen LogP contribution in [0.15, 0.2) is 16.9 Å². The highest BCUT2D eigenvalue weighted by atomic mass is 16.5. The summed E-state index contributed by atoms with van der Waals surface area (Å²) in [5.41, 5.74) is 2.49. The van der Waals surface area contributed by atoms with Crippen molar-refractivity contribution in [3.05, 3.63) is 33.9 Å². The number of H-pyrrole nitrogens is 1. The third kappa shape index (κ3) is 3.14. The minimum Gasteiger partial charge on any atom is -0.497 e. The lowest BCUT2D eigenvalue weighted by atomic mass is 10.0. The fourth-order valence-corrected chi connectivity index (χ4v) is 3.31. The van der Waals surface area contributed by atoms with E-state index >= 15 is 0 Å². The number of piperidine rings is 1. The van der Waals surface area contributed by atoms with Crippen molar-refractivity contribution in [1.29, 1.82) is 0 Å². The van der Waals surface area contributed by atoms with Gasteiger partial charge in [-0.15, -0.1) is 0 Å². The fourth-order valence-electron chi connectivity index (χ4n) is 3.31. The van der Waals surface area contributed by atoms with Gasteiger partial charge in [0.15, 0.2) is 0 Å². The van der Waals surface area contributed by atoms with Gasteiger partial charge in [0.2, 0.25) is 0 Å². The molecule has 1 aliphatic rings. The summed E-state index contributed by atoms with van der Waals surface area (Å²) >= 11 is 0. The van der Waals surface area contributed by atoms with E-state index in [-0.39, 0.29) is 5.69 Å². The predicted molar refractivity (Wildman–Crippen MR) is 87.6 cm³/mol. The van der Waals surface area contributed by atoms with Crippen molar-refractivity contribution < 1.29 is 4.74 Å². The van der Waals surface area contributed by atoms with Crippen LogP contribution in [0.25, 0.3) is 10.9 Å². The summed E-state index contributed by atoms with van der Waals surface area (Å²) in [6.07, 6.45) is 4.89. The lowest BCUT2D eigenvalue weighted by molar-refractivity contribution is 0.231. The third-order valence-electron chi connectivity index (χ3n) is 4.45. The van der Waals surface area contributed by atoms with Crippen LogP contribution in [0.2, 0.25) is 0 Å². The van der Waals surface area contributed by atoms with Gasteiger partial charge in [0.05, 0.1) is 12.6 Å². The largest absolute Gasteiger partial charge is 0.497 e. The molecule has 0 unspecified atom stereocenters. The number of nitrogens with one attached hydrogen (secondary N) is 1. The van der Waals surface area contributed by atoms with E-state index in [1.165, 1.54) is 37.9 Å². The Morgan fingerprint density at radius 2 is 2.05 bits per heavy atom. The SMILES string of the molecule is COc1cc(CCN2CCCCC2)c2c(C)[nH]c(=O)nc2c1. The average molecular weight is 301 g/mol. The van der Waals surface area contributed by atoms with Crippen LogP contribution in [0.5, 0.6) is 5.75 Å². The van der Waals surface area contributed by atoms with Gasteiger partial charge >= 0.3 is 5.69 Å². The first-order valence-corrected chi connectivity index (χ1v) is 7.97. The molecule has 3 rings (SSSR count). The first-order chi connectivity index (χ1) is 10.7. The van der Waals surface area contributed by atoms with Gasteiger partial charge in [-0.05, 0) is 50.9 Å². The van der Waals surface area contributed by atoms with Crippen molar-refractivity contribution in [3.63, 3.8) is 0 Å². The summed E-state index contributed by atoms with van der Waals surface area (Å²) in [7, 11) is 1.65. The Balaban J connectivity index is 1.94. The molecule has 5 nitrogen and oxygen atoms in total. The van der Waals surface area contributed by atoms with Gasteiger partial charge < -0.3 is 14.6 Å². The molecule has 1 aliphatic heterocycles. The van der Waals surface area contributed by atoms with Gasteiger partial charge in [0, 0.05) is 23.7 Å². The van der Waals surface area contributed by atoms with Crippen LogP contribution in [-0.2, 0) is 6.42 Å². The van der Waals surface area contributed by atoms with E-state index in [0.29, 0.717) is 5.52 Å². The van der Waals surface area contributed by atoms with E-state index in [2.05, 4.69) is 20.9 Å². The Morgan fingerprint density at radius 1 is 1.27 bits per heavy atom.